The lowest BCUT2D eigenvalue weighted by atomic mass is 10.1. The molecule has 0 aliphatic carbocycles. The molecule has 0 unspecified atom stereocenters. The highest BCUT2D eigenvalue weighted by atomic mass is 35.5. The van der Waals surface area contributed by atoms with Crippen molar-refractivity contribution in [2.45, 2.75) is 12.1 Å². The normalized spacial score (nSPS) is 10.9. The minimum atomic E-state index is -0.192. The summed E-state index contributed by atoms with van der Waals surface area (Å²) >= 11 is 7.28. The number of H-pyrrole nitrogens is 1. The van der Waals surface area contributed by atoms with Crippen LogP contribution < -0.4 is 11.2 Å². The molecule has 4 rings (SSSR count). The van der Waals surface area contributed by atoms with Crippen LogP contribution in [0, 0.1) is 6.92 Å². The summed E-state index contributed by atoms with van der Waals surface area (Å²) in [5, 5.41) is 19.3. The molecule has 4 aromatic rings. The van der Waals surface area contributed by atoms with Crippen LogP contribution in [0.5, 0.6) is 0 Å². The van der Waals surface area contributed by atoms with E-state index in [1.165, 1.54) is 16.4 Å². The second-order valence-corrected chi connectivity index (χ2v) is 7.81. The second kappa shape index (κ2) is 8.60. The van der Waals surface area contributed by atoms with Crippen LogP contribution in [-0.4, -0.2) is 36.7 Å². The van der Waals surface area contributed by atoms with Crippen molar-refractivity contribution in [1.29, 1.82) is 0 Å². The molecule has 2 heterocycles. The molecule has 0 saturated heterocycles. The van der Waals surface area contributed by atoms with Crippen LogP contribution in [0.25, 0.3) is 22.8 Å². The predicted molar refractivity (Wildman–Crippen MR) is 119 cm³/mol. The smallest absolute Gasteiger partial charge is 0.234 e. The van der Waals surface area contributed by atoms with Gasteiger partial charge in [0.15, 0.2) is 0 Å². The average molecular weight is 440 g/mol. The Labute approximate surface area is 181 Å². The number of aromatic nitrogens is 5. The first-order valence-electron chi connectivity index (χ1n) is 9.02. The van der Waals surface area contributed by atoms with Gasteiger partial charge in [-0.15, -0.1) is 10.2 Å². The van der Waals surface area contributed by atoms with E-state index in [2.05, 4.69) is 25.7 Å². The van der Waals surface area contributed by atoms with Gasteiger partial charge < -0.3 is 11.2 Å². The first-order chi connectivity index (χ1) is 14.5. The van der Waals surface area contributed by atoms with Gasteiger partial charge in [-0.2, -0.15) is 5.10 Å². The van der Waals surface area contributed by atoms with Gasteiger partial charge in [-0.05, 0) is 30.7 Å². The predicted octanol–water partition coefficient (Wildman–Crippen LogP) is 3.74. The van der Waals surface area contributed by atoms with Crippen LogP contribution in [0.15, 0.2) is 59.8 Å². The number of aromatic amines is 1. The van der Waals surface area contributed by atoms with Crippen molar-refractivity contribution in [3.05, 3.63) is 65.2 Å². The van der Waals surface area contributed by atoms with E-state index < -0.39 is 0 Å². The van der Waals surface area contributed by atoms with E-state index in [0.29, 0.717) is 27.4 Å². The van der Waals surface area contributed by atoms with E-state index >= 15 is 0 Å². The van der Waals surface area contributed by atoms with Gasteiger partial charge in [0.1, 0.15) is 5.69 Å². The van der Waals surface area contributed by atoms with E-state index in [-0.39, 0.29) is 11.7 Å². The minimum Gasteiger partial charge on any atom is -0.335 e. The van der Waals surface area contributed by atoms with Gasteiger partial charge >= 0.3 is 0 Å². The highest BCUT2D eigenvalue weighted by molar-refractivity contribution is 7.99. The standard InChI is InChI=1S/C20H18ClN7OS/c1-12-14(21)8-5-9-15(12)23-18(29)11-30-20-27-26-19(28(20)22)17-10-16(24-25-17)13-6-3-2-4-7-13/h2-10H,11,22H2,1H3,(H,23,29)(H,24,25). The Kier molecular flexibility index (Phi) is 5.73. The number of anilines is 1. The number of hydrogen-bond acceptors (Lipinski definition) is 6. The lowest BCUT2D eigenvalue weighted by molar-refractivity contribution is -0.113. The Morgan fingerprint density at radius 2 is 2.00 bits per heavy atom. The fraction of sp³-hybridized carbons (Fsp3) is 0.100. The van der Waals surface area contributed by atoms with Crippen LogP contribution >= 0.6 is 23.4 Å². The molecule has 10 heteroatoms. The molecule has 152 valence electrons. The van der Waals surface area contributed by atoms with E-state index in [1.807, 2.05) is 43.3 Å². The van der Waals surface area contributed by atoms with Crippen molar-refractivity contribution in [2.24, 2.45) is 0 Å². The molecule has 0 fully saturated rings. The molecule has 4 N–H and O–H groups in total. The number of nitrogens with one attached hydrogen (secondary N) is 2. The summed E-state index contributed by atoms with van der Waals surface area (Å²) in [6.07, 6.45) is 0. The number of nitrogens with two attached hydrogens (primary N) is 1. The van der Waals surface area contributed by atoms with Crippen molar-refractivity contribution in [3.8, 4) is 22.8 Å². The van der Waals surface area contributed by atoms with Crippen molar-refractivity contribution in [3.63, 3.8) is 0 Å². The van der Waals surface area contributed by atoms with Gasteiger partial charge in [0, 0.05) is 16.3 Å². The number of benzene rings is 2. The van der Waals surface area contributed by atoms with Crippen molar-refractivity contribution in [1.82, 2.24) is 25.1 Å². The maximum Gasteiger partial charge on any atom is 0.234 e. The number of nitrogen functional groups attached to an aromatic ring is 1. The number of carbonyl (C=O) groups is 1. The summed E-state index contributed by atoms with van der Waals surface area (Å²) in [7, 11) is 0. The molecule has 30 heavy (non-hydrogen) atoms. The minimum absolute atomic E-state index is 0.125. The summed E-state index contributed by atoms with van der Waals surface area (Å²) in [5.74, 6) is 6.50. The fourth-order valence-corrected chi connectivity index (χ4v) is 3.64. The number of amides is 1. The summed E-state index contributed by atoms with van der Waals surface area (Å²) < 4.78 is 1.34. The molecule has 0 bridgehead atoms. The molecule has 0 saturated carbocycles. The van der Waals surface area contributed by atoms with Crippen LogP contribution in [0.2, 0.25) is 5.02 Å². The first kappa shape index (κ1) is 20.0. The molecular weight excluding hydrogens is 422 g/mol. The zero-order chi connectivity index (χ0) is 21.1. The van der Waals surface area contributed by atoms with Crippen molar-refractivity contribution < 1.29 is 4.79 Å². The molecular formula is C20H18ClN7OS. The Bertz CT molecular complexity index is 1190. The van der Waals surface area contributed by atoms with Gasteiger partial charge in [0.2, 0.25) is 16.9 Å². The van der Waals surface area contributed by atoms with Gasteiger partial charge in [-0.3, -0.25) is 9.89 Å². The number of carbonyl (C=O) groups excluding carboxylic acids is 1. The topological polar surface area (TPSA) is 115 Å². The first-order valence-corrected chi connectivity index (χ1v) is 10.4. The van der Waals surface area contributed by atoms with Crippen molar-refractivity contribution >= 4 is 35.0 Å². The summed E-state index contributed by atoms with van der Waals surface area (Å²) in [6.45, 7) is 1.85. The van der Waals surface area contributed by atoms with E-state index in [4.69, 9.17) is 17.4 Å². The molecule has 2 aromatic heterocycles. The number of hydrogen-bond donors (Lipinski definition) is 3. The van der Waals surface area contributed by atoms with Crippen molar-refractivity contribution in [2.75, 3.05) is 16.9 Å². The van der Waals surface area contributed by atoms with Crippen LogP contribution in [0.1, 0.15) is 5.56 Å². The quantitative estimate of drug-likeness (QED) is 0.311. The second-order valence-electron chi connectivity index (χ2n) is 6.46. The largest absolute Gasteiger partial charge is 0.335 e. The Balaban J connectivity index is 1.43. The Morgan fingerprint density at radius 3 is 2.80 bits per heavy atom. The van der Waals surface area contributed by atoms with E-state index in [1.54, 1.807) is 18.2 Å². The molecule has 0 radical (unpaired) electrons. The third-order valence-corrected chi connectivity index (χ3v) is 5.78. The monoisotopic (exact) mass is 439 g/mol. The molecule has 0 aliphatic rings. The SMILES string of the molecule is Cc1c(Cl)cccc1NC(=O)CSc1nnc(-c2cc(-c3ccccc3)n[nH]2)n1N. The average Bonchev–Trinajstić information content (AvgIpc) is 3.37. The van der Waals surface area contributed by atoms with Crippen LogP contribution in [-0.2, 0) is 4.79 Å². The third kappa shape index (κ3) is 4.17. The molecule has 0 spiro atoms. The number of thioether (sulfide) groups is 1. The third-order valence-electron chi connectivity index (χ3n) is 4.43. The highest BCUT2D eigenvalue weighted by Gasteiger charge is 2.16. The van der Waals surface area contributed by atoms with Gasteiger partial charge in [-0.1, -0.05) is 59.8 Å². The Morgan fingerprint density at radius 1 is 1.20 bits per heavy atom. The zero-order valence-electron chi connectivity index (χ0n) is 16.0. The van der Waals surface area contributed by atoms with E-state index in [0.717, 1.165) is 16.8 Å². The molecule has 1 amide bonds. The van der Waals surface area contributed by atoms with Gasteiger partial charge in [-0.25, -0.2) is 4.68 Å². The summed E-state index contributed by atoms with van der Waals surface area (Å²) in [4.78, 5) is 12.3. The molecule has 0 atom stereocenters. The number of rotatable bonds is 6. The molecule has 0 aliphatic heterocycles. The van der Waals surface area contributed by atoms with Gasteiger partial charge in [0.05, 0.1) is 11.4 Å². The highest BCUT2D eigenvalue weighted by Crippen LogP contribution is 2.26. The summed E-state index contributed by atoms with van der Waals surface area (Å²) in [6, 6.07) is 17.0. The lowest BCUT2D eigenvalue weighted by Gasteiger charge is -2.09. The molecule has 8 nitrogen and oxygen atoms in total. The Hall–Kier alpha value is -3.30. The van der Waals surface area contributed by atoms with E-state index in [9.17, 15) is 4.79 Å². The number of nitrogens with zero attached hydrogens (tertiary/aromatic N) is 4. The molecule has 2 aromatic carbocycles. The maximum atomic E-state index is 12.3. The van der Waals surface area contributed by atoms with Gasteiger partial charge in [0.25, 0.3) is 0 Å². The maximum absolute atomic E-state index is 12.3. The zero-order valence-corrected chi connectivity index (χ0v) is 17.5. The fourth-order valence-electron chi connectivity index (χ4n) is 2.81. The summed E-state index contributed by atoms with van der Waals surface area (Å²) in [5.41, 5.74) is 3.88. The lowest BCUT2D eigenvalue weighted by Crippen LogP contribution is -2.17. The number of halogens is 1. The van der Waals surface area contributed by atoms with Crippen LogP contribution in [0.3, 0.4) is 0 Å². The van der Waals surface area contributed by atoms with Crippen LogP contribution in [0.4, 0.5) is 5.69 Å².